The maximum Gasteiger partial charge on any atom is 0.159 e. The van der Waals surface area contributed by atoms with E-state index in [4.69, 9.17) is 0 Å². The van der Waals surface area contributed by atoms with Gasteiger partial charge in [-0.25, -0.2) is 0 Å². The summed E-state index contributed by atoms with van der Waals surface area (Å²) in [5.74, 6) is 1.72. The van der Waals surface area contributed by atoms with Gasteiger partial charge in [0, 0.05) is 44.0 Å². The average Bonchev–Trinajstić information content (AvgIpc) is 3.43. The van der Waals surface area contributed by atoms with E-state index in [0.717, 1.165) is 37.7 Å². The molecule has 3 fully saturated rings. The Bertz CT molecular complexity index is 744. The number of hydrogen-bond acceptors (Lipinski definition) is 3. The highest BCUT2D eigenvalue weighted by atomic mass is 35.5. The Morgan fingerprint density at radius 2 is 1.60 bits per heavy atom. The van der Waals surface area contributed by atoms with Crippen molar-refractivity contribution < 1.29 is 4.79 Å². The first-order valence-corrected chi connectivity index (χ1v) is 11.7. The third kappa shape index (κ3) is 5.59. The second kappa shape index (κ2) is 8.82. The number of hydrogen-bond donors (Lipinski definition) is 0. The van der Waals surface area contributed by atoms with Crippen LogP contribution >= 0.6 is 12.4 Å². The quantitative estimate of drug-likeness (QED) is 0.520. The smallest absolute Gasteiger partial charge is 0.159 e. The van der Waals surface area contributed by atoms with Crippen LogP contribution < -0.4 is 4.90 Å². The molecule has 3 nitrogen and oxygen atoms in total. The Labute approximate surface area is 190 Å². The highest BCUT2D eigenvalue weighted by Crippen LogP contribution is 2.53. The van der Waals surface area contributed by atoms with Crippen molar-refractivity contribution in [2.75, 3.05) is 37.6 Å². The van der Waals surface area contributed by atoms with Gasteiger partial charge < -0.3 is 4.90 Å². The SMILES string of the molecule is CC(=O)c1ccc(C2CC(C)(C)CC(C)(C)C2)c(N2CCN(CC3CC3)CC2)c1.Cl. The second-order valence-corrected chi connectivity index (χ2v) is 11.7. The molecule has 0 bridgehead atoms. The molecule has 1 saturated heterocycles. The molecule has 1 aromatic carbocycles. The lowest BCUT2D eigenvalue weighted by atomic mass is 9.60. The molecule has 1 aliphatic heterocycles. The highest BCUT2D eigenvalue weighted by Gasteiger charge is 2.40. The van der Waals surface area contributed by atoms with Crippen molar-refractivity contribution in [3.8, 4) is 0 Å². The number of anilines is 1. The lowest BCUT2D eigenvalue weighted by molar-refractivity contribution is 0.0967. The molecule has 0 radical (unpaired) electrons. The summed E-state index contributed by atoms with van der Waals surface area (Å²) < 4.78 is 0. The maximum absolute atomic E-state index is 12.1. The molecule has 0 N–H and O–H groups in total. The van der Waals surface area contributed by atoms with Crippen LogP contribution in [0.3, 0.4) is 0 Å². The lowest BCUT2D eigenvalue weighted by Gasteiger charge is -2.46. The van der Waals surface area contributed by atoms with E-state index in [1.54, 1.807) is 6.92 Å². The average molecular weight is 433 g/mol. The first kappa shape index (κ1) is 23.6. The molecule has 30 heavy (non-hydrogen) atoms. The number of carbonyl (C=O) groups excluding carboxylic acids is 1. The number of benzene rings is 1. The van der Waals surface area contributed by atoms with Gasteiger partial charge in [-0.3, -0.25) is 9.69 Å². The summed E-state index contributed by atoms with van der Waals surface area (Å²) >= 11 is 0. The van der Waals surface area contributed by atoms with E-state index < -0.39 is 0 Å². The van der Waals surface area contributed by atoms with Crippen molar-refractivity contribution in [1.29, 1.82) is 0 Å². The van der Waals surface area contributed by atoms with Crippen molar-refractivity contribution in [1.82, 2.24) is 4.90 Å². The fourth-order valence-corrected chi connectivity index (χ4v) is 6.28. The van der Waals surface area contributed by atoms with E-state index in [0.29, 0.717) is 16.7 Å². The molecule has 4 rings (SSSR count). The number of rotatable bonds is 5. The fourth-order valence-electron chi connectivity index (χ4n) is 6.28. The molecule has 0 atom stereocenters. The van der Waals surface area contributed by atoms with Gasteiger partial charge in [-0.15, -0.1) is 12.4 Å². The standard InChI is InChI=1S/C26H40N2O.ClH/c1-19(29)21-8-9-23(22-15-25(2,3)18-26(4,5)16-22)24(14-21)28-12-10-27(11-13-28)17-20-6-7-20;/h8-9,14,20,22H,6-7,10-13,15-18H2,1-5H3;1H. The van der Waals surface area contributed by atoms with E-state index in [-0.39, 0.29) is 18.2 Å². The fraction of sp³-hybridized carbons (Fsp3) is 0.731. The molecule has 0 spiro atoms. The van der Waals surface area contributed by atoms with Crippen LogP contribution in [0, 0.1) is 16.7 Å². The van der Waals surface area contributed by atoms with Crippen LogP contribution in [0.5, 0.6) is 0 Å². The zero-order valence-electron chi connectivity index (χ0n) is 19.7. The minimum atomic E-state index is 0. The monoisotopic (exact) mass is 432 g/mol. The number of ketones is 1. The normalized spacial score (nSPS) is 24.4. The summed E-state index contributed by atoms with van der Waals surface area (Å²) in [5, 5.41) is 0. The van der Waals surface area contributed by atoms with Crippen LogP contribution in [-0.4, -0.2) is 43.4 Å². The van der Waals surface area contributed by atoms with E-state index in [1.807, 2.05) is 0 Å². The van der Waals surface area contributed by atoms with Crippen molar-refractivity contribution in [3.05, 3.63) is 29.3 Å². The summed E-state index contributed by atoms with van der Waals surface area (Å²) in [6.45, 7) is 17.2. The van der Waals surface area contributed by atoms with Gasteiger partial charge in [0.25, 0.3) is 0 Å². The van der Waals surface area contributed by atoms with Crippen molar-refractivity contribution in [2.45, 2.75) is 72.6 Å². The molecule has 0 aromatic heterocycles. The van der Waals surface area contributed by atoms with Gasteiger partial charge in [-0.05, 0) is 73.3 Å². The maximum atomic E-state index is 12.1. The molecule has 0 amide bonds. The van der Waals surface area contributed by atoms with Crippen molar-refractivity contribution in [2.24, 2.45) is 16.7 Å². The van der Waals surface area contributed by atoms with Crippen molar-refractivity contribution >= 4 is 23.9 Å². The summed E-state index contributed by atoms with van der Waals surface area (Å²) in [6.07, 6.45) is 6.63. The predicted molar refractivity (Wildman–Crippen MR) is 129 cm³/mol. The topological polar surface area (TPSA) is 23.6 Å². The second-order valence-electron chi connectivity index (χ2n) is 11.7. The number of Topliss-reactive ketones (excluding diaryl/α,β-unsaturated/α-hetero) is 1. The molecule has 1 aromatic rings. The number of halogens is 1. The van der Waals surface area contributed by atoms with Gasteiger partial charge in [0.2, 0.25) is 0 Å². The largest absolute Gasteiger partial charge is 0.369 e. The summed E-state index contributed by atoms with van der Waals surface area (Å²) in [4.78, 5) is 17.3. The van der Waals surface area contributed by atoms with Crippen LogP contribution in [0.25, 0.3) is 0 Å². The van der Waals surface area contributed by atoms with Gasteiger partial charge >= 0.3 is 0 Å². The first-order chi connectivity index (χ1) is 13.6. The van der Waals surface area contributed by atoms with Crippen molar-refractivity contribution in [3.63, 3.8) is 0 Å². The van der Waals surface area contributed by atoms with E-state index in [1.165, 1.54) is 49.9 Å². The predicted octanol–water partition coefficient (Wildman–Crippen LogP) is 6.16. The van der Waals surface area contributed by atoms with Crippen LogP contribution in [0.4, 0.5) is 5.69 Å². The van der Waals surface area contributed by atoms with E-state index in [2.05, 4.69) is 55.7 Å². The summed E-state index contributed by atoms with van der Waals surface area (Å²) in [6, 6.07) is 6.55. The van der Waals surface area contributed by atoms with Gasteiger partial charge in [0.1, 0.15) is 0 Å². The Hall–Kier alpha value is -1.06. The Morgan fingerprint density at radius 3 is 2.13 bits per heavy atom. The van der Waals surface area contributed by atoms with Gasteiger partial charge in [-0.1, -0.05) is 39.8 Å². The van der Waals surface area contributed by atoms with Crippen LogP contribution in [0.2, 0.25) is 0 Å². The van der Waals surface area contributed by atoms with Crippen LogP contribution in [0.15, 0.2) is 18.2 Å². The van der Waals surface area contributed by atoms with E-state index >= 15 is 0 Å². The molecule has 2 aliphatic carbocycles. The molecule has 2 saturated carbocycles. The third-order valence-electron chi connectivity index (χ3n) is 7.36. The molecule has 3 aliphatic rings. The summed E-state index contributed by atoms with van der Waals surface area (Å²) in [5.41, 5.74) is 4.41. The molecule has 4 heteroatoms. The van der Waals surface area contributed by atoms with Crippen LogP contribution in [-0.2, 0) is 0 Å². The number of nitrogens with zero attached hydrogens (tertiary/aromatic N) is 2. The number of carbonyl (C=O) groups is 1. The molecular weight excluding hydrogens is 392 g/mol. The Morgan fingerprint density at radius 1 is 1.00 bits per heavy atom. The number of piperazine rings is 1. The first-order valence-electron chi connectivity index (χ1n) is 11.7. The molecule has 168 valence electrons. The molecule has 1 heterocycles. The Balaban J connectivity index is 0.00000256. The molecule has 0 unspecified atom stereocenters. The third-order valence-corrected chi connectivity index (χ3v) is 7.36. The molecular formula is C26H41ClN2O. The summed E-state index contributed by atoms with van der Waals surface area (Å²) in [7, 11) is 0. The zero-order chi connectivity index (χ0) is 20.8. The van der Waals surface area contributed by atoms with Gasteiger partial charge in [0.15, 0.2) is 5.78 Å². The van der Waals surface area contributed by atoms with Gasteiger partial charge in [0.05, 0.1) is 0 Å². The minimum absolute atomic E-state index is 0. The van der Waals surface area contributed by atoms with Crippen LogP contribution in [0.1, 0.15) is 88.6 Å². The lowest BCUT2D eigenvalue weighted by Crippen LogP contribution is -2.47. The minimum Gasteiger partial charge on any atom is -0.369 e. The highest BCUT2D eigenvalue weighted by molar-refractivity contribution is 5.95. The Kier molecular flexibility index (Phi) is 6.94. The zero-order valence-corrected chi connectivity index (χ0v) is 20.5. The van der Waals surface area contributed by atoms with E-state index in [9.17, 15) is 4.79 Å². The van der Waals surface area contributed by atoms with Gasteiger partial charge in [-0.2, -0.15) is 0 Å².